The highest BCUT2D eigenvalue weighted by Gasteiger charge is 2.16. The Labute approximate surface area is 165 Å². The minimum atomic E-state index is -0.164. The molecule has 0 amide bonds. The van der Waals surface area contributed by atoms with Crippen LogP contribution in [-0.4, -0.2) is 4.01 Å². The first kappa shape index (κ1) is 15.4. The summed E-state index contributed by atoms with van der Waals surface area (Å²) < 4.78 is 15.7. The molecule has 5 aromatic rings. The second-order valence-electron chi connectivity index (χ2n) is 6.88. The summed E-state index contributed by atoms with van der Waals surface area (Å²) in [5.74, 6) is 0. The highest BCUT2D eigenvalue weighted by atomic mass is 127. The molecule has 0 atom stereocenters. The zero-order valence-electron chi connectivity index (χ0n) is 14.6. The number of para-hydroxylation sites is 1. The van der Waals surface area contributed by atoms with Gasteiger partial charge in [0.2, 0.25) is 0 Å². The topological polar surface area (TPSA) is 26.3 Å². The summed E-state index contributed by atoms with van der Waals surface area (Å²) in [6, 6.07) is 19.2. The molecule has 3 heteroatoms. The van der Waals surface area contributed by atoms with E-state index in [1.807, 2.05) is 12.1 Å². The van der Waals surface area contributed by atoms with Crippen molar-refractivity contribution in [2.45, 2.75) is 6.92 Å². The van der Waals surface area contributed by atoms with E-state index < -0.39 is 0 Å². The lowest BCUT2D eigenvalue weighted by molar-refractivity contribution is 0.583. The van der Waals surface area contributed by atoms with Gasteiger partial charge >= 0.3 is 0 Å². The summed E-state index contributed by atoms with van der Waals surface area (Å²) in [4.78, 5) is 0. The maximum Gasteiger partial charge on any atom is 0.166 e. The highest BCUT2D eigenvalue weighted by molar-refractivity contribution is 14.2. The molecule has 1 aliphatic heterocycles. The molecular weight excluding hydrogens is 447 g/mol. The van der Waals surface area contributed by atoms with Crippen LogP contribution in [0.3, 0.4) is 0 Å². The average molecular weight is 462 g/mol. The van der Waals surface area contributed by atoms with Crippen LogP contribution in [0.25, 0.3) is 50.1 Å². The van der Waals surface area contributed by atoms with Crippen molar-refractivity contribution in [3.05, 3.63) is 75.6 Å². The number of furan rings is 2. The highest BCUT2D eigenvalue weighted by Crippen LogP contribution is 2.39. The third-order valence-corrected chi connectivity index (χ3v) is 7.25. The summed E-state index contributed by atoms with van der Waals surface area (Å²) in [5, 5.41) is 3.54. The summed E-state index contributed by atoms with van der Waals surface area (Å²) >= 11 is -0.164. The standard InChI is InChI=1S/C24H15IO2/c1-14-11-18(23-20(12-14)16-5-2-3-7-21(16)26-23)15-8-9-22-19(13-15)17-6-4-10-25-24(17)27-22/h2-13H,1H3. The van der Waals surface area contributed by atoms with E-state index >= 15 is 0 Å². The molecule has 27 heavy (non-hydrogen) atoms. The van der Waals surface area contributed by atoms with Gasteiger partial charge in [0.1, 0.15) is 16.7 Å². The first-order valence-corrected chi connectivity index (χ1v) is 11.2. The van der Waals surface area contributed by atoms with Crippen molar-refractivity contribution in [2.24, 2.45) is 0 Å². The zero-order valence-corrected chi connectivity index (χ0v) is 16.8. The van der Waals surface area contributed by atoms with E-state index in [1.54, 1.807) is 0 Å². The molecule has 0 N–H and O–H groups in total. The summed E-state index contributed by atoms with van der Waals surface area (Å²) in [6.45, 7) is 2.14. The molecular formula is C24H15IO2. The Morgan fingerprint density at radius 2 is 1.70 bits per heavy atom. The van der Waals surface area contributed by atoms with Gasteiger partial charge in [0.25, 0.3) is 0 Å². The zero-order chi connectivity index (χ0) is 18.0. The Bertz CT molecular complexity index is 1430. The third-order valence-electron chi connectivity index (χ3n) is 5.11. The number of allylic oxidation sites excluding steroid dienone is 1. The van der Waals surface area contributed by atoms with Crippen molar-refractivity contribution in [3.8, 4) is 11.1 Å². The smallest absolute Gasteiger partial charge is 0.166 e. The van der Waals surface area contributed by atoms with Gasteiger partial charge in [0.05, 0.1) is 0 Å². The van der Waals surface area contributed by atoms with E-state index in [9.17, 15) is 0 Å². The molecule has 0 unspecified atom stereocenters. The maximum absolute atomic E-state index is 6.26. The Hall–Kier alpha value is -2.66. The lowest BCUT2D eigenvalue weighted by atomic mass is 9.98. The van der Waals surface area contributed by atoms with Crippen LogP contribution >= 0.6 is 20.7 Å². The van der Waals surface area contributed by atoms with Crippen LogP contribution in [0.1, 0.15) is 11.1 Å². The molecule has 0 aliphatic carbocycles. The molecule has 3 heterocycles. The minimum Gasteiger partial charge on any atom is -0.455 e. The fraction of sp³-hybridized carbons (Fsp3) is 0.0417. The normalized spacial score (nSPS) is 13.4. The molecule has 0 saturated heterocycles. The number of aryl methyl sites for hydroxylation is 1. The molecule has 0 saturated carbocycles. The van der Waals surface area contributed by atoms with Crippen molar-refractivity contribution in [1.82, 2.24) is 0 Å². The van der Waals surface area contributed by atoms with Crippen LogP contribution in [0.15, 0.2) is 69.5 Å². The SMILES string of the molecule is Cc1cc(-c2ccc3oc4c(c3c2)C=CC=I4)c2oc3ccccc3c2c1. The Morgan fingerprint density at radius 1 is 0.815 bits per heavy atom. The number of hydrogen-bond acceptors (Lipinski definition) is 2. The predicted octanol–water partition coefficient (Wildman–Crippen LogP) is 7.28. The molecule has 0 fully saturated rings. The number of benzene rings is 3. The molecule has 130 valence electrons. The Morgan fingerprint density at radius 3 is 2.67 bits per heavy atom. The van der Waals surface area contributed by atoms with Crippen molar-refractivity contribution in [2.75, 3.05) is 0 Å². The van der Waals surface area contributed by atoms with Gasteiger partial charge in [-0.05, 0) is 79.2 Å². The monoisotopic (exact) mass is 462 g/mol. The third kappa shape index (κ3) is 2.28. The van der Waals surface area contributed by atoms with E-state index in [0.717, 1.165) is 26.1 Å². The molecule has 2 nitrogen and oxygen atoms in total. The van der Waals surface area contributed by atoms with E-state index in [2.05, 4.69) is 65.6 Å². The van der Waals surface area contributed by atoms with Crippen LogP contribution in [0.4, 0.5) is 0 Å². The number of rotatable bonds is 1. The molecule has 2 aromatic heterocycles. The fourth-order valence-electron chi connectivity index (χ4n) is 3.90. The second-order valence-corrected chi connectivity index (χ2v) is 9.20. The molecule has 0 radical (unpaired) electrons. The second kappa shape index (κ2) is 5.67. The van der Waals surface area contributed by atoms with Gasteiger partial charge in [-0.25, -0.2) is 0 Å². The average Bonchev–Trinajstić information content (AvgIpc) is 3.25. The van der Waals surface area contributed by atoms with E-state index in [1.165, 1.54) is 32.8 Å². The molecule has 6 rings (SSSR count). The van der Waals surface area contributed by atoms with Crippen molar-refractivity contribution in [3.63, 3.8) is 0 Å². The number of fused-ring (bicyclic) bond motifs is 6. The predicted molar refractivity (Wildman–Crippen MR) is 121 cm³/mol. The summed E-state index contributed by atoms with van der Waals surface area (Å²) in [5.41, 5.74) is 7.64. The minimum absolute atomic E-state index is 0.164. The van der Waals surface area contributed by atoms with Crippen LogP contribution in [-0.2, 0) is 0 Å². The van der Waals surface area contributed by atoms with Gasteiger partial charge in [-0.1, -0.05) is 30.3 Å². The molecule has 3 aromatic carbocycles. The van der Waals surface area contributed by atoms with E-state index in [-0.39, 0.29) is 20.7 Å². The lowest BCUT2D eigenvalue weighted by Gasteiger charge is -2.05. The first-order valence-electron chi connectivity index (χ1n) is 8.90. The molecule has 0 spiro atoms. The molecule has 1 aliphatic rings. The maximum atomic E-state index is 6.26. The van der Waals surface area contributed by atoms with Gasteiger partial charge in [0, 0.05) is 27.3 Å². The van der Waals surface area contributed by atoms with Crippen molar-refractivity contribution in [1.29, 1.82) is 0 Å². The van der Waals surface area contributed by atoms with E-state index in [0.29, 0.717) is 0 Å². The van der Waals surface area contributed by atoms with Crippen LogP contribution < -0.4 is 0 Å². The fourth-order valence-corrected chi connectivity index (χ4v) is 5.81. The van der Waals surface area contributed by atoms with Gasteiger partial charge in [-0.3, -0.25) is 0 Å². The Balaban J connectivity index is 1.68. The van der Waals surface area contributed by atoms with Crippen LogP contribution in [0.2, 0.25) is 0 Å². The van der Waals surface area contributed by atoms with Crippen LogP contribution in [0, 0.1) is 10.7 Å². The van der Waals surface area contributed by atoms with Crippen molar-refractivity contribution < 1.29 is 8.83 Å². The van der Waals surface area contributed by atoms with Gasteiger partial charge in [-0.15, -0.1) is 0 Å². The number of hydrogen-bond donors (Lipinski definition) is 0. The first-order chi connectivity index (χ1) is 13.3. The van der Waals surface area contributed by atoms with Gasteiger partial charge < -0.3 is 8.83 Å². The summed E-state index contributed by atoms with van der Waals surface area (Å²) in [7, 11) is 0. The largest absolute Gasteiger partial charge is 0.455 e. The van der Waals surface area contributed by atoms with Crippen LogP contribution in [0.5, 0.6) is 0 Å². The quantitative estimate of drug-likeness (QED) is 0.245. The van der Waals surface area contributed by atoms with Crippen molar-refractivity contribution >= 4 is 63.7 Å². The summed E-state index contributed by atoms with van der Waals surface area (Å²) in [6.07, 6.45) is 4.32. The lowest BCUT2D eigenvalue weighted by Crippen LogP contribution is -1.83. The van der Waals surface area contributed by atoms with E-state index in [4.69, 9.17) is 8.83 Å². The number of halogens is 1. The van der Waals surface area contributed by atoms with Gasteiger partial charge in [0.15, 0.2) is 3.77 Å². The molecule has 0 bridgehead atoms. The van der Waals surface area contributed by atoms with Gasteiger partial charge in [-0.2, -0.15) is 0 Å². The Kier molecular flexibility index (Phi) is 3.23.